The van der Waals surface area contributed by atoms with Crippen molar-refractivity contribution in [3.8, 4) is 12.1 Å². The van der Waals surface area contributed by atoms with Crippen molar-refractivity contribution in [3.05, 3.63) is 82.2 Å². The highest BCUT2D eigenvalue weighted by Gasteiger charge is 2.40. The van der Waals surface area contributed by atoms with Crippen LogP contribution in [0.5, 0.6) is 0 Å². The fraction of sp³-hybridized carbons (Fsp3) is 0.0526. The van der Waals surface area contributed by atoms with Crippen LogP contribution in [0, 0.1) is 22.7 Å². The number of thioether (sulfide) groups is 1. The smallest absolute Gasteiger partial charge is 0.123 e. The van der Waals surface area contributed by atoms with Crippen molar-refractivity contribution in [2.75, 3.05) is 4.90 Å². The molecule has 1 atom stereocenters. The summed E-state index contributed by atoms with van der Waals surface area (Å²) in [6.45, 7) is 0. The van der Waals surface area contributed by atoms with Gasteiger partial charge in [-0.2, -0.15) is 10.5 Å². The third-order valence-corrected chi connectivity index (χ3v) is 5.38. The number of anilines is 1. The van der Waals surface area contributed by atoms with Crippen LogP contribution in [-0.4, -0.2) is 0 Å². The minimum Gasteiger partial charge on any atom is -0.384 e. The van der Waals surface area contributed by atoms with Crippen LogP contribution >= 0.6 is 11.8 Å². The number of benzene rings is 2. The minimum absolute atomic E-state index is 0.401. The zero-order valence-electron chi connectivity index (χ0n) is 12.6. The van der Waals surface area contributed by atoms with Gasteiger partial charge in [0.15, 0.2) is 0 Å². The Morgan fingerprint density at radius 1 is 0.917 bits per heavy atom. The summed E-state index contributed by atoms with van der Waals surface area (Å²) in [5.74, 6) is -0.0212. The standard InChI is InChI=1S/C19H12N4S/c20-10-13-17(12-6-2-1-3-7-12)14(11-21)19-23(18(13)22)15-8-4-5-9-16(15)24-19/h1-9,17H,22H2/t17-/m1/s1. The summed E-state index contributed by atoms with van der Waals surface area (Å²) in [6.07, 6.45) is 0. The fourth-order valence-electron chi connectivity index (χ4n) is 3.15. The van der Waals surface area contributed by atoms with Gasteiger partial charge in [0.05, 0.1) is 34.9 Å². The molecular weight excluding hydrogens is 316 g/mol. The van der Waals surface area contributed by atoms with E-state index in [0.29, 0.717) is 17.0 Å². The third-order valence-electron chi connectivity index (χ3n) is 4.21. The number of hydrogen-bond acceptors (Lipinski definition) is 5. The molecule has 114 valence electrons. The predicted octanol–water partition coefficient (Wildman–Crippen LogP) is 3.83. The Kier molecular flexibility index (Phi) is 3.30. The van der Waals surface area contributed by atoms with Gasteiger partial charge >= 0.3 is 0 Å². The summed E-state index contributed by atoms with van der Waals surface area (Å²) in [5, 5.41) is 20.3. The van der Waals surface area contributed by atoms with Crippen molar-refractivity contribution in [1.82, 2.24) is 0 Å². The second-order valence-electron chi connectivity index (χ2n) is 5.49. The molecule has 2 aliphatic heterocycles. The molecule has 0 fully saturated rings. The molecule has 0 aromatic heterocycles. The highest BCUT2D eigenvalue weighted by Crippen LogP contribution is 2.54. The van der Waals surface area contributed by atoms with Crippen LogP contribution in [0.4, 0.5) is 5.69 Å². The van der Waals surface area contributed by atoms with E-state index in [1.807, 2.05) is 59.5 Å². The van der Waals surface area contributed by atoms with Gasteiger partial charge in [0.2, 0.25) is 0 Å². The molecule has 0 saturated carbocycles. The topological polar surface area (TPSA) is 76.8 Å². The van der Waals surface area contributed by atoms with Crippen LogP contribution in [-0.2, 0) is 0 Å². The Labute approximate surface area is 144 Å². The van der Waals surface area contributed by atoms with Gasteiger partial charge < -0.3 is 5.73 Å². The number of nitrogens with zero attached hydrogens (tertiary/aromatic N) is 3. The maximum atomic E-state index is 9.83. The van der Waals surface area contributed by atoms with Crippen LogP contribution in [0.15, 0.2) is 81.5 Å². The van der Waals surface area contributed by atoms with Gasteiger partial charge in [0, 0.05) is 4.90 Å². The number of allylic oxidation sites excluding steroid dienone is 2. The number of fused-ring (bicyclic) bond motifs is 3. The molecule has 2 aliphatic rings. The average Bonchev–Trinajstić information content (AvgIpc) is 3.02. The Morgan fingerprint density at radius 3 is 2.29 bits per heavy atom. The minimum atomic E-state index is -0.422. The lowest BCUT2D eigenvalue weighted by molar-refractivity contribution is 0.884. The number of para-hydroxylation sites is 1. The highest BCUT2D eigenvalue weighted by molar-refractivity contribution is 8.03. The van der Waals surface area contributed by atoms with Crippen molar-refractivity contribution in [2.24, 2.45) is 5.73 Å². The molecule has 4 rings (SSSR count). The van der Waals surface area contributed by atoms with E-state index in [0.717, 1.165) is 21.2 Å². The molecule has 0 bridgehead atoms. The zero-order chi connectivity index (χ0) is 16.7. The first kappa shape index (κ1) is 14.4. The van der Waals surface area contributed by atoms with E-state index in [1.165, 1.54) is 11.8 Å². The number of rotatable bonds is 1. The summed E-state index contributed by atoms with van der Waals surface area (Å²) in [6, 6.07) is 22.0. The maximum absolute atomic E-state index is 9.83. The molecule has 0 unspecified atom stereocenters. The van der Waals surface area contributed by atoms with Crippen molar-refractivity contribution in [1.29, 1.82) is 10.5 Å². The SMILES string of the molecule is N#CC1=C(N)N2C(=C(C#N)[C@@H]1c1ccccc1)Sc1ccccc12. The maximum Gasteiger partial charge on any atom is 0.123 e. The predicted molar refractivity (Wildman–Crippen MR) is 93.4 cm³/mol. The largest absolute Gasteiger partial charge is 0.384 e. The van der Waals surface area contributed by atoms with Crippen molar-refractivity contribution in [3.63, 3.8) is 0 Å². The third kappa shape index (κ3) is 1.93. The quantitative estimate of drug-likeness (QED) is 0.861. The van der Waals surface area contributed by atoms with Gasteiger partial charge in [-0.15, -0.1) is 0 Å². The molecule has 4 nitrogen and oxygen atoms in total. The summed E-state index contributed by atoms with van der Waals surface area (Å²) < 4.78 is 0. The summed E-state index contributed by atoms with van der Waals surface area (Å²) in [4.78, 5) is 2.87. The van der Waals surface area contributed by atoms with Gasteiger partial charge in [0.25, 0.3) is 0 Å². The van der Waals surface area contributed by atoms with E-state index in [4.69, 9.17) is 5.73 Å². The first-order valence-electron chi connectivity index (χ1n) is 7.42. The zero-order valence-corrected chi connectivity index (χ0v) is 13.4. The van der Waals surface area contributed by atoms with Crippen LogP contribution in [0.25, 0.3) is 0 Å². The molecular formula is C19H12N4S. The van der Waals surface area contributed by atoms with Gasteiger partial charge in [-0.1, -0.05) is 54.2 Å². The van der Waals surface area contributed by atoms with E-state index >= 15 is 0 Å². The lowest BCUT2D eigenvalue weighted by Gasteiger charge is -2.31. The van der Waals surface area contributed by atoms with Gasteiger partial charge in [0.1, 0.15) is 10.9 Å². The Balaban J connectivity index is 1.99. The normalized spacial score (nSPS) is 18.8. The van der Waals surface area contributed by atoms with E-state index in [-0.39, 0.29) is 0 Å². The fourth-order valence-corrected chi connectivity index (χ4v) is 4.33. The van der Waals surface area contributed by atoms with E-state index < -0.39 is 5.92 Å². The van der Waals surface area contributed by atoms with Crippen molar-refractivity contribution in [2.45, 2.75) is 10.8 Å². The average molecular weight is 328 g/mol. The summed E-state index contributed by atoms with van der Waals surface area (Å²) in [7, 11) is 0. The highest BCUT2D eigenvalue weighted by atomic mass is 32.2. The molecule has 0 amide bonds. The second-order valence-corrected chi connectivity index (χ2v) is 6.52. The Hall–Kier alpha value is -3.15. The number of nitriles is 2. The number of nitrogens with two attached hydrogens (primary N) is 1. The molecule has 0 saturated heterocycles. The van der Waals surface area contributed by atoms with Gasteiger partial charge in [-0.3, -0.25) is 4.90 Å². The van der Waals surface area contributed by atoms with Crippen LogP contribution < -0.4 is 10.6 Å². The molecule has 2 N–H and O–H groups in total. The van der Waals surface area contributed by atoms with E-state index in [9.17, 15) is 10.5 Å². The van der Waals surface area contributed by atoms with Crippen molar-refractivity contribution >= 4 is 17.4 Å². The second kappa shape index (κ2) is 5.49. The molecule has 0 aliphatic carbocycles. The Morgan fingerprint density at radius 2 is 1.58 bits per heavy atom. The van der Waals surface area contributed by atoms with Gasteiger partial charge in [-0.25, -0.2) is 0 Å². The molecule has 2 heterocycles. The lowest BCUT2D eigenvalue weighted by Crippen LogP contribution is -2.32. The van der Waals surface area contributed by atoms with Crippen LogP contribution in [0.3, 0.4) is 0 Å². The molecule has 2 aromatic rings. The lowest BCUT2D eigenvalue weighted by atomic mass is 9.83. The molecule has 2 aromatic carbocycles. The monoisotopic (exact) mass is 328 g/mol. The van der Waals surface area contributed by atoms with Crippen LogP contribution in [0.1, 0.15) is 11.5 Å². The first-order chi connectivity index (χ1) is 11.8. The van der Waals surface area contributed by atoms with E-state index in [2.05, 4.69) is 12.1 Å². The molecule has 24 heavy (non-hydrogen) atoms. The first-order valence-corrected chi connectivity index (χ1v) is 8.24. The molecule has 0 spiro atoms. The molecule has 0 radical (unpaired) electrons. The summed E-state index contributed by atoms with van der Waals surface area (Å²) >= 11 is 1.53. The van der Waals surface area contributed by atoms with E-state index in [1.54, 1.807) is 0 Å². The number of hydrogen-bond donors (Lipinski definition) is 1. The van der Waals surface area contributed by atoms with Crippen LogP contribution in [0.2, 0.25) is 0 Å². The molecule has 5 heteroatoms. The van der Waals surface area contributed by atoms with Crippen molar-refractivity contribution < 1.29 is 0 Å². The summed E-state index contributed by atoms with van der Waals surface area (Å²) in [5.41, 5.74) is 9.16. The Bertz CT molecular complexity index is 976. The van der Waals surface area contributed by atoms with Gasteiger partial charge in [-0.05, 0) is 17.7 Å².